The minimum Gasteiger partial charge on any atom is -0.483 e. The van der Waals surface area contributed by atoms with Gasteiger partial charge in [-0.15, -0.1) is 0 Å². The molecule has 1 amide bonds. The second-order valence-corrected chi connectivity index (χ2v) is 5.45. The zero-order valence-electron chi connectivity index (χ0n) is 13.1. The van der Waals surface area contributed by atoms with E-state index >= 15 is 0 Å². The molecular weight excluding hydrogens is 342 g/mol. The van der Waals surface area contributed by atoms with Crippen molar-refractivity contribution in [3.05, 3.63) is 71.4 Å². The molecule has 126 valence electrons. The van der Waals surface area contributed by atoms with Gasteiger partial charge in [-0.2, -0.15) is 5.10 Å². The highest BCUT2D eigenvalue weighted by atomic mass is 35.5. The lowest BCUT2D eigenvalue weighted by atomic mass is 10.1. The maximum absolute atomic E-state index is 11.9. The van der Waals surface area contributed by atoms with Gasteiger partial charge in [0, 0.05) is 11.1 Å². The molecule has 0 aliphatic heterocycles. The molecule has 0 bridgehead atoms. The van der Waals surface area contributed by atoms with Gasteiger partial charge in [-0.25, -0.2) is 5.43 Å². The summed E-state index contributed by atoms with van der Waals surface area (Å²) in [5.74, 6) is 0.578. The van der Waals surface area contributed by atoms with E-state index in [1.54, 1.807) is 30.5 Å². The molecule has 3 rings (SSSR count). The number of hydrogen-bond donors (Lipinski definition) is 1. The number of aromatic nitrogens is 1. The highest BCUT2D eigenvalue weighted by Crippen LogP contribution is 2.32. The van der Waals surface area contributed by atoms with Gasteiger partial charge >= 0.3 is 0 Å². The van der Waals surface area contributed by atoms with E-state index in [0.717, 1.165) is 5.56 Å². The summed E-state index contributed by atoms with van der Waals surface area (Å²) in [7, 11) is 0. The highest BCUT2D eigenvalue weighted by molar-refractivity contribution is 6.30. The van der Waals surface area contributed by atoms with E-state index < -0.39 is 0 Å². The third-order valence-corrected chi connectivity index (χ3v) is 3.44. The maximum Gasteiger partial charge on any atom is 0.277 e. The van der Waals surface area contributed by atoms with Crippen molar-refractivity contribution >= 4 is 23.7 Å². The van der Waals surface area contributed by atoms with Gasteiger partial charge in [-0.3, -0.25) is 4.79 Å². The van der Waals surface area contributed by atoms with Gasteiger partial charge in [0.05, 0.1) is 18.0 Å². The van der Waals surface area contributed by atoms with Crippen LogP contribution in [0.4, 0.5) is 0 Å². The van der Waals surface area contributed by atoms with Crippen molar-refractivity contribution in [2.75, 3.05) is 6.61 Å². The minimum atomic E-state index is -0.384. The van der Waals surface area contributed by atoms with Gasteiger partial charge in [0.1, 0.15) is 5.75 Å². The summed E-state index contributed by atoms with van der Waals surface area (Å²) in [5.41, 5.74) is 3.91. The Kier molecular flexibility index (Phi) is 5.43. The molecule has 0 aliphatic carbocycles. The molecule has 1 heterocycles. The first-order chi connectivity index (χ1) is 12.2. The topological polar surface area (TPSA) is 76.7 Å². The van der Waals surface area contributed by atoms with Crippen molar-refractivity contribution in [2.45, 2.75) is 0 Å². The first kappa shape index (κ1) is 16.7. The Labute approximate surface area is 149 Å². The Bertz CT molecular complexity index is 865. The zero-order chi connectivity index (χ0) is 17.5. The molecule has 6 nitrogen and oxygen atoms in total. The van der Waals surface area contributed by atoms with Crippen molar-refractivity contribution in [1.82, 2.24) is 10.6 Å². The first-order valence-electron chi connectivity index (χ1n) is 7.43. The number of nitrogens with one attached hydrogen (secondary N) is 1. The molecule has 1 aromatic heterocycles. The summed E-state index contributed by atoms with van der Waals surface area (Å²) in [6, 6.07) is 16.1. The minimum absolute atomic E-state index is 0.200. The summed E-state index contributed by atoms with van der Waals surface area (Å²) in [5, 5.41) is 8.07. The third kappa shape index (κ3) is 4.68. The number of amides is 1. The molecule has 0 saturated heterocycles. The number of nitrogens with zero attached hydrogens (tertiary/aromatic N) is 2. The Morgan fingerprint density at radius 2 is 2.08 bits per heavy atom. The van der Waals surface area contributed by atoms with Gasteiger partial charge in [-0.1, -0.05) is 47.1 Å². The molecule has 2 aromatic carbocycles. The van der Waals surface area contributed by atoms with Gasteiger partial charge in [0.15, 0.2) is 12.4 Å². The molecule has 3 aromatic rings. The summed E-state index contributed by atoms with van der Waals surface area (Å²) >= 11 is 6.01. The maximum atomic E-state index is 11.9. The van der Waals surface area contributed by atoms with Crippen LogP contribution in [-0.4, -0.2) is 23.9 Å². The number of ether oxygens (including phenoxy) is 1. The summed E-state index contributed by atoms with van der Waals surface area (Å²) in [6.07, 6.45) is 3.07. The van der Waals surface area contributed by atoms with Gasteiger partial charge in [0.2, 0.25) is 0 Å². The molecule has 7 heteroatoms. The summed E-state index contributed by atoms with van der Waals surface area (Å²) < 4.78 is 10.7. The monoisotopic (exact) mass is 355 g/mol. The van der Waals surface area contributed by atoms with E-state index in [1.165, 1.54) is 6.20 Å². The van der Waals surface area contributed by atoms with Crippen LogP contribution < -0.4 is 10.2 Å². The number of benzene rings is 2. The Balaban J connectivity index is 1.60. The van der Waals surface area contributed by atoms with Crippen LogP contribution in [0.2, 0.25) is 5.02 Å². The van der Waals surface area contributed by atoms with Crippen molar-refractivity contribution in [3.63, 3.8) is 0 Å². The predicted molar refractivity (Wildman–Crippen MR) is 94.6 cm³/mol. The van der Waals surface area contributed by atoms with Crippen LogP contribution in [-0.2, 0) is 4.79 Å². The van der Waals surface area contributed by atoms with Crippen LogP contribution in [0.15, 0.2) is 70.4 Å². The smallest absolute Gasteiger partial charge is 0.277 e. The third-order valence-electron chi connectivity index (χ3n) is 3.21. The summed E-state index contributed by atoms with van der Waals surface area (Å²) in [6.45, 7) is -0.200. The summed E-state index contributed by atoms with van der Waals surface area (Å²) in [4.78, 5) is 11.9. The lowest BCUT2D eigenvalue weighted by molar-refractivity contribution is -0.123. The van der Waals surface area contributed by atoms with E-state index in [0.29, 0.717) is 22.1 Å². The van der Waals surface area contributed by atoms with Gasteiger partial charge in [0.25, 0.3) is 5.91 Å². The van der Waals surface area contributed by atoms with Crippen LogP contribution >= 0.6 is 11.6 Å². The molecule has 0 fully saturated rings. The fourth-order valence-corrected chi connectivity index (χ4v) is 2.24. The SMILES string of the molecule is O=C(COc1ccc(Cl)cc1-c1ccno1)N/N=C/c1ccccc1. The van der Waals surface area contributed by atoms with Crippen molar-refractivity contribution < 1.29 is 14.1 Å². The number of carbonyl (C=O) groups is 1. The molecule has 1 N–H and O–H groups in total. The molecule has 0 spiro atoms. The first-order valence-corrected chi connectivity index (χ1v) is 7.80. The number of hydrogen-bond acceptors (Lipinski definition) is 5. The molecular formula is C18H14ClN3O3. The standard InChI is InChI=1S/C18H14ClN3O3/c19-14-6-7-16(15(10-14)17-8-9-21-25-17)24-12-18(23)22-20-11-13-4-2-1-3-5-13/h1-11H,12H2,(H,22,23)/b20-11+. The van der Waals surface area contributed by atoms with E-state index in [4.69, 9.17) is 20.9 Å². The second kappa shape index (κ2) is 8.12. The van der Waals surface area contributed by atoms with E-state index in [2.05, 4.69) is 15.7 Å². The van der Waals surface area contributed by atoms with Crippen LogP contribution in [0.25, 0.3) is 11.3 Å². The normalized spacial score (nSPS) is 10.8. The second-order valence-electron chi connectivity index (χ2n) is 5.01. The Hall–Kier alpha value is -3.12. The number of rotatable bonds is 6. The van der Waals surface area contributed by atoms with Crippen LogP contribution in [0.5, 0.6) is 5.75 Å². The van der Waals surface area contributed by atoms with Crippen molar-refractivity contribution in [1.29, 1.82) is 0 Å². The van der Waals surface area contributed by atoms with Crippen molar-refractivity contribution in [3.8, 4) is 17.1 Å². The van der Waals surface area contributed by atoms with Crippen LogP contribution in [0, 0.1) is 0 Å². The molecule has 0 atom stereocenters. The largest absolute Gasteiger partial charge is 0.483 e. The quantitative estimate of drug-likeness (QED) is 0.542. The fraction of sp³-hybridized carbons (Fsp3) is 0.0556. The average molecular weight is 356 g/mol. The number of hydrazone groups is 1. The molecule has 25 heavy (non-hydrogen) atoms. The predicted octanol–water partition coefficient (Wildman–Crippen LogP) is 3.52. The van der Waals surface area contributed by atoms with Gasteiger partial charge in [-0.05, 0) is 23.8 Å². The molecule has 0 aliphatic rings. The lowest BCUT2D eigenvalue weighted by Crippen LogP contribution is -2.24. The molecule has 0 unspecified atom stereocenters. The Morgan fingerprint density at radius 3 is 2.84 bits per heavy atom. The van der Waals surface area contributed by atoms with Crippen molar-refractivity contribution in [2.24, 2.45) is 5.10 Å². The molecule has 0 radical (unpaired) electrons. The van der Waals surface area contributed by atoms with E-state index in [9.17, 15) is 4.79 Å². The molecule has 0 saturated carbocycles. The van der Waals surface area contributed by atoms with E-state index in [-0.39, 0.29) is 12.5 Å². The van der Waals surface area contributed by atoms with Gasteiger partial charge < -0.3 is 9.26 Å². The lowest BCUT2D eigenvalue weighted by Gasteiger charge is -2.09. The van der Waals surface area contributed by atoms with E-state index in [1.807, 2.05) is 30.3 Å². The highest BCUT2D eigenvalue weighted by Gasteiger charge is 2.12. The fourth-order valence-electron chi connectivity index (χ4n) is 2.07. The number of carbonyl (C=O) groups excluding carboxylic acids is 1. The Morgan fingerprint density at radius 1 is 1.24 bits per heavy atom. The van der Waals surface area contributed by atoms with Crippen LogP contribution in [0.3, 0.4) is 0 Å². The number of halogens is 1. The average Bonchev–Trinajstić information content (AvgIpc) is 3.16. The van der Waals surface area contributed by atoms with Crippen LogP contribution in [0.1, 0.15) is 5.56 Å². The zero-order valence-corrected chi connectivity index (χ0v) is 13.8.